The largest absolute Gasteiger partial charge is 0.509 e. The minimum atomic E-state index is -0.0593. The van der Waals surface area contributed by atoms with Gasteiger partial charge in [0.15, 0.2) is 0 Å². The van der Waals surface area contributed by atoms with Gasteiger partial charge >= 0.3 is 0 Å². The number of para-hydroxylation sites is 3. The van der Waals surface area contributed by atoms with E-state index in [2.05, 4.69) is 200 Å². The topological polar surface area (TPSA) is 33.5 Å². The van der Waals surface area contributed by atoms with E-state index < -0.39 is 0 Å². The van der Waals surface area contributed by atoms with E-state index in [0.717, 1.165) is 50.2 Å². The van der Waals surface area contributed by atoms with Crippen LogP contribution < -0.4 is 14.5 Å². The molecule has 2 aromatic heterocycles. The minimum absolute atomic E-state index is 0. The van der Waals surface area contributed by atoms with Gasteiger partial charge in [0.2, 0.25) is 0 Å². The van der Waals surface area contributed by atoms with Gasteiger partial charge in [-0.3, -0.25) is 0 Å². The molecule has 0 N–H and O–H groups in total. The van der Waals surface area contributed by atoms with Crippen molar-refractivity contribution in [2.75, 3.05) is 16.8 Å². The predicted octanol–water partition coefficient (Wildman–Crippen LogP) is 13.8. The van der Waals surface area contributed by atoms with Crippen molar-refractivity contribution in [3.8, 4) is 39.6 Å². The Balaban J connectivity index is 0.00000484. The van der Waals surface area contributed by atoms with Crippen molar-refractivity contribution in [3.63, 3.8) is 0 Å². The maximum Gasteiger partial charge on any atom is 0.135 e. The van der Waals surface area contributed by atoms with Gasteiger partial charge in [0, 0.05) is 61.2 Å². The molecule has 0 saturated carbocycles. The van der Waals surface area contributed by atoms with Gasteiger partial charge < -0.3 is 19.1 Å². The average Bonchev–Trinajstić information content (AvgIpc) is 3.68. The first-order valence-corrected chi connectivity index (χ1v) is 20.1. The predicted molar refractivity (Wildman–Crippen MR) is 242 cm³/mol. The minimum Gasteiger partial charge on any atom is -0.509 e. The van der Waals surface area contributed by atoms with Crippen LogP contribution in [0.15, 0.2) is 109 Å². The molecular formula is C53H49N4OPt-3. The van der Waals surface area contributed by atoms with E-state index in [1.807, 2.05) is 12.3 Å². The Bertz CT molecular complexity index is 2890. The Hall–Kier alpha value is -5.64. The van der Waals surface area contributed by atoms with Gasteiger partial charge in [-0.1, -0.05) is 92.0 Å². The van der Waals surface area contributed by atoms with E-state index in [0.29, 0.717) is 11.5 Å². The summed E-state index contributed by atoms with van der Waals surface area (Å²) in [5.74, 6) is 2.07. The molecule has 0 spiro atoms. The van der Waals surface area contributed by atoms with E-state index in [-0.39, 0.29) is 26.5 Å². The van der Waals surface area contributed by atoms with Crippen molar-refractivity contribution in [2.45, 2.75) is 67.7 Å². The van der Waals surface area contributed by atoms with Crippen LogP contribution in [-0.4, -0.2) is 16.6 Å². The number of anilines is 3. The summed E-state index contributed by atoms with van der Waals surface area (Å²) in [5.41, 5.74) is 18.4. The third-order valence-corrected chi connectivity index (χ3v) is 11.5. The van der Waals surface area contributed by atoms with E-state index in [9.17, 15) is 0 Å². The SMILES string of the molecule is Cc1cc(C)c(-c2cc(Oc3[c-]c4c(cc3)c3cccc(-c5c(C)cc(C)cc5C)c3n4-c3cc(C(C)(C)C)ccn3)[c-]c(N3[CH-]N(C)c4ccccc43)c2)c(C)c1.[Pt]. The molecule has 0 bridgehead atoms. The fourth-order valence-electron chi connectivity index (χ4n) is 9.14. The van der Waals surface area contributed by atoms with Crippen LogP contribution in [0.3, 0.4) is 0 Å². The van der Waals surface area contributed by atoms with Crippen LogP contribution in [0.4, 0.5) is 17.1 Å². The van der Waals surface area contributed by atoms with Crippen LogP contribution in [0.2, 0.25) is 0 Å². The number of ether oxygens (including phenoxy) is 1. The monoisotopic (exact) mass is 952 g/mol. The van der Waals surface area contributed by atoms with E-state index in [1.54, 1.807) is 0 Å². The number of aromatic nitrogens is 2. The van der Waals surface area contributed by atoms with Gasteiger partial charge in [0.1, 0.15) is 5.82 Å². The van der Waals surface area contributed by atoms with E-state index in [4.69, 9.17) is 9.72 Å². The average molecular weight is 953 g/mol. The molecule has 59 heavy (non-hydrogen) atoms. The number of aryl methyl sites for hydroxylation is 6. The summed E-state index contributed by atoms with van der Waals surface area (Å²) in [5, 5.41) is 2.23. The van der Waals surface area contributed by atoms with Crippen molar-refractivity contribution in [1.82, 2.24) is 9.55 Å². The molecule has 9 rings (SSSR count). The zero-order valence-corrected chi connectivity index (χ0v) is 37.8. The van der Waals surface area contributed by atoms with Gasteiger partial charge in [0.25, 0.3) is 0 Å². The molecule has 3 heterocycles. The summed E-state index contributed by atoms with van der Waals surface area (Å²) in [7, 11) is 2.08. The third kappa shape index (κ3) is 7.14. The maximum absolute atomic E-state index is 6.90. The van der Waals surface area contributed by atoms with E-state index >= 15 is 0 Å². The van der Waals surface area contributed by atoms with Gasteiger partial charge in [-0.2, -0.15) is 12.7 Å². The first-order chi connectivity index (χ1) is 27.7. The van der Waals surface area contributed by atoms with Crippen molar-refractivity contribution in [3.05, 3.63) is 167 Å². The van der Waals surface area contributed by atoms with Crippen molar-refractivity contribution < 1.29 is 25.8 Å². The molecule has 5 nitrogen and oxygen atoms in total. The molecule has 6 heteroatoms. The van der Waals surface area contributed by atoms with Crippen LogP contribution in [0, 0.1) is 60.3 Å². The Morgan fingerprint density at radius 1 is 0.644 bits per heavy atom. The molecular weight excluding hydrogens is 904 g/mol. The summed E-state index contributed by atoms with van der Waals surface area (Å²) >= 11 is 0. The molecule has 0 amide bonds. The van der Waals surface area contributed by atoms with Crippen LogP contribution in [0.25, 0.3) is 49.9 Å². The smallest absolute Gasteiger partial charge is 0.135 e. The van der Waals surface area contributed by atoms with Crippen LogP contribution >= 0.6 is 0 Å². The zero-order chi connectivity index (χ0) is 40.6. The summed E-state index contributed by atoms with van der Waals surface area (Å²) in [6.07, 6.45) is 1.93. The Morgan fingerprint density at radius 2 is 1.31 bits per heavy atom. The first-order valence-electron chi connectivity index (χ1n) is 20.1. The Labute approximate surface area is 363 Å². The molecule has 1 aliphatic heterocycles. The Morgan fingerprint density at radius 3 is 1.98 bits per heavy atom. The number of nitrogens with zero attached hydrogens (tertiary/aromatic N) is 4. The van der Waals surface area contributed by atoms with Crippen LogP contribution in [-0.2, 0) is 26.5 Å². The van der Waals surface area contributed by atoms with Gasteiger partial charge in [-0.15, -0.1) is 47.0 Å². The molecule has 0 aliphatic carbocycles. The fraction of sp³-hybridized carbons (Fsp3) is 0.208. The number of hydrogen-bond acceptors (Lipinski definition) is 4. The molecule has 300 valence electrons. The van der Waals surface area contributed by atoms with Crippen molar-refractivity contribution in [1.29, 1.82) is 0 Å². The number of benzene rings is 6. The van der Waals surface area contributed by atoms with Crippen LogP contribution in [0.5, 0.6) is 11.5 Å². The third-order valence-electron chi connectivity index (χ3n) is 11.5. The normalized spacial score (nSPS) is 12.6. The van der Waals surface area contributed by atoms with Gasteiger partial charge in [-0.25, -0.2) is 4.98 Å². The second-order valence-corrected chi connectivity index (χ2v) is 17.1. The fourth-order valence-corrected chi connectivity index (χ4v) is 9.14. The number of rotatable bonds is 6. The second-order valence-electron chi connectivity index (χ2n) is 17.1. The molecule has 8 aromatic rings. The second kappa shape index (κ2) is 15.2. The van der Waals surface area contributed by atoms with Gasteiger partial charge in [-0.05, 0) is 123 Å². The van der Waals surface area contributed by atoms with Crippen molar-refractivity contribution in [2.24, 2.45) is 0 Å². The maximum atomic E-state index is 6.90. The van der Waals surface area contributed by atoms with E-state index in [1.165, 1.54) is 55.6 Å². The standard InChI is InChI=1S/C53H49N4O.Pt/c1-32-22-34(3)50(35(4)23-32)38-26-40(56-31-55(10)46-16-11-12-17-47(46)56)29-42(27-38)58-41-18-19-43-44-14-13-15-45(51-36(5)24-33(2)25-37(51)6)52(44)57(48(43)30-41)49-28-39(20-21-54-49)53(7,8)9;/h11-28,31H,1-10H3;/q-3;. The first kappa shape index (κ1) is 40.2. The molecule has 1 aliphatic rings. The van der Waals surface area contributed by atoms with Gasteiger partial charge in [0.05, 0.1) is 0 Å². The molecule has 6 aromatic carbocycles. The summed E-state index contributed by atoms with van der Waals surface area (Å²) in [4.78, 5) is 9.38. The van der Waals surface area contributed by atoms with Crippen LogP contribution in [0.1, 0.15) is 59.7 Å². The molecule has 0 atom stereocenters. The van der Waals surface area contributed by atoms with Crippen molar-refractivity contribution >= 4 is 38.9 Å². The molecule has 0 unspecified atom stereocenters. The molecule has 0 fully saturated rings. The number of pyridine rings is 1. The number of fused-ring (bicyclic) bond motifs is 4. The number of hydrogen-bond donors (Lipinski definition) is 0. The summed E-state index contributed by atoms with van der Waals surface area (Å²) in [6.45, 7) is 22.0. The quantitative estimate of drug-likeness (QED) is 0.156. The Kier molecular flexibility index (Phi) is 10.3. The molecule has 0 saturated heterocycles. The molecule has 0 radical (unpaired) electrons. The summed E-state index contributed by atoms with van der Waals surface area (Å²) in [6, 6.07) is 44.4. The summed E-state index contributed by atoms with van der Waals surface area (Å²) < 4.78 is 9.19. The zero-order valence-electron chi connectivity index (χ0n) is 35.5.